The summed E-state index contributed by atoms with van der Waals surface area (Å²) >= 11 is 1.56. The summed E-state index contributed by atoms with van der Waals surface area (Å²) in [6.07, 6.45) is 3.94. The molecule has 0 spiro atoms. The van der Waals surface area contributed by atoms with Gasteiger partial charge in [0.2, 0.25) is 0 Å². The maximum Gasteiger partial charge on any atom is 0.254 e. The number of hydrogen-bond acceptors (Lipinski definition) is 4. The number of hydrogen-bond donors (Lipinski definition) is 0. The molecule has 2 aromatic heterocycles. The van der Waals surface area contributed by atoms with Gasteiger partial charge in [-0.15, -0.1) is 11.3 Å². The topological polar surface area (TPSA) is 51.0 Å². The van der Waals surface area contributed by atoms with Gasteiger partial charge in [0, 0.05) is 37.8 Å². The predicted octanol–water partition coefficient (Wildman–Crippen LogP) is 3.82. The minimum atomic E-state index is 0.0636. The fourth-order valence-electron chi connectivity index (χ4n) is 3.84. The quantitative estimate of drug-likeness (QED) is 0.536. The number of fused-ring (bicyclic) bond motifs is 2. The van der Waals surface area contributed by atoms with Gasteiger partial charge in [0.1, 0.15) is 0 Å². The van der Waals surface area contributed by atoms with E-state index in [0.717, 1.165) is 21.3 Å². The highest BCUT2D eigenvalue weighted by atomic mass is 32.1. The molecule has 1 unspecified atom stereocenters. The zero-order valence-electron chi connectivity index (χ0n) is 14.9. The summed E-state index contributed by atoms with van der Waals surface area (Å²) in [6, 6.07) is 14.1. The van der Waals surface area contributed by atoms with Gasteiger partial charge in [-0.3, -0.25) is 9.48 Å². The van der Waals surface area contributed by atoms with Crippen molar-refractivity contribution in [3.05, 3.63) is 82.6 Å². The third kappa shape index (κ3) is 2.82. The summed E-state index contributed by atoms with van der Waals surface area (Å²) in [4.78, 5) is 19.5. The molecule has 0 saturated heterocycles. The van der Waals surface area contributed by atoms with E-state index in [4.69, 9.17) is 0 Å². The van der Waals surface area contributed by atoms with Crippen LogP contribution >= 0.6 is 11.3 Å². The van der Waals surface area contributed by atoms with Gasteiger partial charge in [0.25, 0.3) is 5.91 Å². The Hall–Kier alpha value is -2.99. The number of aromatic nitrogens is 3. The Balaban J connectivity index is 1.52. The molecule has 0 N–H and O–H groups in total. The average molecular weight is 374 g/mol. The van der Waals surface area contributed by atoms with Crippen LogP contribution < -0.4 is 0 Å². The van der Waals surface area contributed by atoms with E-state index >= 15 is 0 Å². The molecule has 1 aliphatic heterocycles. The number of carbonyl (C=O) groups is 1. The number of carbonyl (C=O) groups excluding carboxylic acids is 1. The van der Waals surface area contributed by atoms with E-state index in [0.29, 0.717) is 13.1 Å². The van der Waals surface area contributed by atoms with Crippen molar-refractivity contribution in [2.45, 2.75) is 12.5 Å². The van der Waals surface area contributed by atoms with E-state index in [-0.39, 0.29) is 11.8 Å². The molecule has 5 nitrogen and oxygen atoms in total. The minimum absolute atomic E-state index is 0.0636. The van der Waals surface area contributed by atoms with Crippen LogP contribution in [0, 0.1) is 0 Å². The Morgan fingerprint density at radius 2 is 2.11 bits per heavy atom. The number of benzene rings is 2. The van der Waals surface area contributed by atoms with Gasteiger partial charge >= 0.3 is 0 Å². The predicted molar refractivity (Wildman–Crippen MR) is 106 cm³/mol. The first-order chi connectivity index (χ1) is 13.2. The van der Waals surface area contributed by atoms with Crippen molar-refractivity contribution in [2.75, 3.05) is 6.54 Å². The molecule has 1 amide bonds. The number of rotatable bonds is 2. The largest absolute Gasteiger partial charge is 0.333 e. The molecular weight excluding hydrogens is 356 g/mol. The van der Waals surface area contributed by atoms with Crippen LogP contribution in [0.3, 0.4) is 0 Å². The molecule has 134 valence electrons. The van der Waals surface area contributed by atoms with Crippen molar-refractivity contribution in [2.24, 2.45) is 7.05 Å². The zero-order valence-corrected chi connectivity index (χ0v) is 15.7. The van der Waals surface area contributed by atoms with Gasteiger partial charge in [-0.05, 0) is 34.9 Å². The van der Waals surface area contributed by atoms with E-state index < -0.39 is 0 Å². The molecule has 0 saturated carbocycles. The highest BCUT2D eigenvalue weighted by Gasteiger charge is 2.30. The average Bonchev–Trinajstić information content (AvgIpc) is 3.34. The van der Waals surface area contributed by atoms with Crippen LogP contribution in [0.1, 0.15) is 33.0 Å². The van der Waals surface area contributed by atoms with Crippen molar-refractivity contribution in [3.63, 3.8) is 0 Å². The van der Waals surface area contributed by atoms with Gasteiger partial charge < -0.3 is 4.90 Å². The molecular formula is C21H18N4OS. The molecule has 0 fully saturated rings. The normalized spacial score (nSPS) is 16.5. The third-order valence-corrected chi connectivity index (χ3v) is 5.98. The first-order valence-electron chi connectivity index (χ1n) is 8.88. The molecule has 0 bridgehead atoms. The molecule has 4 aromatic rings. The molecule has 3 heterocycles. The maximum absolute atomic E-state index is 13.2. The van der Waals surface area contributed by atoms with Crippen molar-refractivity contribution >= 4 is 27.5 Å². The van der Waals surface area contributed by atoms with Crippen LogP contribution in [0.4, 0.5) is 0 Å². The number of amides is 1. The first kappa shape index (κ1) is 16.2. The van der Waals surface area contributed by atoms with Crippen LogP contribution in [-0.2, 0) is 13.6 Å². The summed E-state index contributed by atoms with van der Waals surface area (Å²) in [5, 5.41) is 4.33. The Morgan fingerprint density at radius 3 is 2.96 bits per heavy atom. The molecule has 2 aromatic carbocycles. The molecule has 1 atom stereocenters. The second kappa shape index (κ2) is 6.32. The van der Waals surface area contributed by atoms with Crippen LogP contribution in [0.2, 0.25) is 0 Å². The molecule has 0 aliphatic carbocycles. The highest BCUT2D eigenvalue weighted by Crippen LogP contribution is 2.34. The van der Waals surface area contributed by atoms with Gasteiger partial charge in [-0.2, -0.15) is 5.10 Å². The monoisotopic (exact) mass is 374 g/mol. The van der Waals surface area contributed by atoms with Gasteiger partial charge in [-0.1, -0.05) is 24.3 Å². The molecule has 0 radical (unpaired) electrons. The Labute approximate surface area is 160 Å². The summed E-state index contributed by atoms with van der Waals surface area (Å²) in [6.45, 7) is 1.29. The fourth-order valence-corrected chi connectivity index (χ4v) is 4.55. The highest BCUT2D eigenvalue weighted by molar-refractivity contribution is 7.16. The Morgan fingerprint density at radius 1 is 1.22 bits per heavy atom. The summed E-state index contributed by atoms with van der Waals surface area (Å²) in [5.41, 5.74) is 7.09. The number of nitrogens with zero attached hydrogens (tertiary/aromatic N) is 4. The SMILES string of the molecule is Cn1cc(C2CN(C(=O)c3ccc4ncsc4c3)Cc3ccccc32)cn1. The molecule has 27 heavy (non-hydrogen) atoms. The van der Waals surface area contributed by atoms with Gasteiger partial charge in [-0.25, -0.2) is 4.98 Å². The summed E-state index contributed by atoms with van der Waals surface area (Å²) < 4.78 is 2.86. The smallest absolute Gasteiger partial charge is 0.254 e. The first-order valence-corrected chi connectivity index (χ1v) is 9.76. The van der Waals surface area contributed by atoms with E-state index in [1.54, 1.807) is 11.3 Å². The standard InChI is InChI=1S/C21H18N4OS/c1-24-10-16(9-23-24)18-12-25(11-15-4-2-3-5-17(15)18)21(26)14-6-7-19-20(8-14)27-13-22-19/h2-10,13,18H,11-12H2,1H3. The third-order valence-electron chi connectivity index (χ3n) is 5.19. The zero-order chi connectivity index (χ0) is 18.4. The lowest BCUT2D eigenvalue weighted by molar-refractivity contribution is 0.0725. The lowest BCUT2D eigenvalue weighted by Gasteiger charge is -2.34. The lowest BCUT2D eigenvalue weighted by Crippen LogP contribution is -2.38. The van der Waals surface area contributed by atoms with Crippen molar-refractivity contribution in [3.8, 4) is 0 Å². The lowest BCUT2D eigenvalue weighted by atomic mass is 9.86. The molecule has 5 rings (SSSR count). The minimum Gasteiger partial charge on any atom is -0.333 e. The van der Waals surface area contributed by atoms with Crippen LogP contribution in [-0.4, -0.2) is 32.1 Å². The maximum atomic E-state index is 13.2. The Bertz CT molecular complexity index is 1150. The summed E-state index contributed by atoms with van der Waals surface area (Å²) in [7, 11) is 1.92. The van der Waals surface area contributed by atoms with E-state index in [9.17, 15) is 4.79 Å². The van der Waals surface area contributed by atoms with E-state index in [1.165, 1.54) is 11.1 Å². The molecule has 1 aliphatic rings. The van der Waals surface area contributed by atoms with E-state index in [2.05, 4.69) is 28.3 Å². The van der Waals surface area contributed by atoms with Gasteiger partial charge in [0.15, 0.2) is 0 Å². The number of aryl methyl sites for hydroxylation is 1. The summed E-state index contributed by atoms with van der Waals surface area (Å²) in [5.74, 6) is 0.202. The van der Waals surface area contributed by atoms with Crippen molar-refractivity contribution in [1.29, 1.82) is 0 Å². The second-order valence-electron chi connectivity index (χ2n) is 6.92. The number of thiazole rings is 1. The van der Waals surface area contributed by atoms with Gasteiger partial charge in [0.05, 0.1) is 21.9 Å². The Kier molecular flexibility index (Phi) is 3.79. The van der Waals surface area contributed by atoms with Crippen LogP contribution in [0.5, 0.6) is 0 Å². The van der Waals surface area contributed by atoms with Crippen LogP contribution in [0.15, 0.2) is 60.4 Å². The van der Waals surface area contributed by atoms with Crippen molar-refractivity contribution in [1.82, 2.24) is 19.7 Å². The van der Waals surface area contributed by atoms with E-state index in [1.807, 2.05) is 58.8 Å². The fraction of sp³-hybridized carbons (Fsp3) is 0.190. The van der Waals surface area contributed by atoms with Crippen LogP contribution in [0.25, 0.3) is 10.2 Å². The van der Waals surface area contributed by atoms with Crippen molar-refractivity contribution < 1.29 is 4.79 Å². The molecule has 6 heteroatoms. The second-order valence-corrected chi connectivity index (χ2v) is 7.81.